The number of thiophene rings is 1. The van der Waals surface area contributed by atoms with Gasteiger partial charge in [-0.15, -0.1) is 11.3 Å². The molecular formula is C37H36F8N8O3S. The van der Waals surface area contributed by atoms with Gasteiger partial charge in [0.05, 0.1) is 40.6 Å². The highest BCUT2D eigenvalue weighted by molar-refractivity contribution is 7.23. The molecule has 0 bridgehead atoms. The molecule has 6 heterocycles. The third-order valence-electron chi connectivity index (χ3n) is 11.5. The van der Waals surface area contributed by atoms with Gasteiger partial charge in [-0.25, -0.2) is 18.0 Å². The van der Waals surface area contributed by atoms with Crippen LogP contribution >= 0.6 is 11.3 Å². The maximum atomic E-state index is 17.3. The minimum Gasteiger partial charge on any atom is -0.461 e. The van der Waals surface area contributed by atoms with Crippen molar-refractivity contribution in [2.24, 2.45) is 0 Å². The van der Waals surface area contributed by atoms with E-state index in [0.29, 0.717) is 30.7 Å². The first-order valence-electron chi connectivity index (χ1n) is 18.4. The molecule has 8 rings (SSSR count). The van der Waals surface area contributed by atoms with Crippen LogP contribution < -0.4 is 15.4 Å². The number of rotatable bonds is 9. The first kappa shape index (κ1) is 39.1. The Bertz CT molecular complexity index is 2280. The molecule has 0 aliphatic carbocycles. The number of urea groups is 1. The van der Waals surface area contributed by atoms with Crippen molar-refractivity contribution >= 4 is 49.2 Å². The number of carbonyl (C=O) groups excluding carboxylic acids is 1. The van der Waals surface area contributed by atoms with Crippen LogP contribution in [0.4, 0.5) is 50.7 Å². The van der Waals surface area contributed by atoms with E-state index in [1.54, 1.807) is 17.9 Å². The summed E-state index contributed by atoms with van der Waals surface area (Å²) in [4.78, 5) is 28.6. The molecule has 2 N–H and O–H groups in total. The summed E-state index contributed by atoms with van der Waals surface area (Å²) >= 11 is 0.651. The second-order valence-corrected chi connectivity index (χ2v) is 15.9. The van der Waals surface area contributed by atoms with Gasteiger partial charge in [0, 0.05) is 55.0 Å². The van der Waals surface area contributed by atoms with Crippen LogP contribution in [0.25, 0.3) is 32.1 Å². The number of anilines is 2. The predicted molar refractivity (Wildman–Crippen MR) is 194 cm³/mol. The van der Waals surface area contributed by atoms with Crippen LogP contribution in [0.2, 0.25) is 0 Å². The molecule has 2 amide bonds. The van der Waals surface area contributed by atoms with E-state index in [1.165, 1.54) is 9.80 Å². The molecule has 4 aliphatic heterocycles. The zero-order valence-corrected chi connectivity index (χ0v) is 31.2. The molecule has 2 aromatic heterocycles. The van der Waals surface area contributed by atoms with Crippen molar-refractivity contribution < 1.29 is 49.4 Å². The lowest BCUT2D eigenvalue weighted by Gasteiger charge is -2.40. The number of amides is 2. The maximum absolute atomic E-state index is 17.3. The Labute approximate surface area is 324 Å². The average Bonchev–Trinajstić information content (AvgIpc) is 3.92. The van der Waals surface area contributed by atoms with Crippen molar-refractivity contribution in [1.82, 2.24) is 24.7 Å². The van der Waals surface area contributed by atoms with Crippen LogP contribution in [0, 0.1) is 23.0 Å². The molecule has 0 saturated carbocycles. The number of nitriles is 1. The van der Waals surface area contributed by atoms with E-state index in [1.807, 2.05) is 4.90 Å². The van der Waals surface area contributed by atoms with Crippen LogP contribution in [0.1, 0.15) is 43.7 Å². The van der Waals surface area contributed by atoms with E-state index in [-0.39, 0.29) is 90.2 Å². The number of fused-ring (bicyclic) bond motifs is 3. The van der Waals surface area contributed by atoms with Crippen molar-refractivity contribution in [2.45, 2.75) is 69.3 Å². The van der Waals surface area contributed by atoms with Gasteiger partial charge < -0.3 is 29.9 Å². The minimum absolute atomic E-state index is 0.0306. The number of hydrogen-bond acceptors (Lipinski definition) is 10. The molecule has 4 aromatic rings. The number of ether oxygens (including phenoxy) is 2. The van der Waals surface area contributed by atoms with Crippen molar-refractivity contribution in [1.29, 1.82) is 5.26 Å². The number of halogens is 8. The van der Waals surface area contributed by atoms with E-state index < -0.39 is 76.5 Å². The standard InChI is InChI=1S/C37H36F8N8O3S/c1-2-53(19-6-9-50(14-19)35(54)51-15-20(16-51)56-33(41)42)32-22-10-24(37(43,44)45)27(21-4-5-25(39)30-26(21)23(12-46)31(47)57-30)28(40)29(22)48-34(49-32)55-17-36-7-3-8-52(36)13-18(38)11-36/h4-5,10,18-20,33H,2-3,6-9,11,13-17,47H2,1H3. The third kappa shape index (κ3) is 6.80. The Morgan fingerprint density at radius 3 is 2.63 bits per heavy atom. The number of hydrogen-bond donors (Lipinski definition) is 1. The first-order chi connectivity index (χ1) is 27.1. The largest absolute Gasteiger partial charge is 0.461 e. The molecule has 57 heavy (non-hydrogen) atoms. The second-order valence-electron chi connectivity index (χ2n) is 14.8. The number of likely N-dealkylation sites (N-methyl/N-ethyl adjacent to an activating group) is 1. The number of nitrogens with zero attached hydrogens (tertiary/aromatic N) is 7. The smallest absolute Gasteiger partial charge is 0.417 e. The van der Waals surface area contributed by atoms with E-state index in [4.69, 9.17) is 10.5 Å². The Balaban J connectivity index is 1.24. The van der Waals surface area contributed by atoms with Crippen LogP contribution in [-0.4, -0.2) is 114 Å². The summed E-state index contributed by atoms with van der Waals surface area (Å²) in [6.45, 7) is -0.0951. The third-order valence-corrected chi connectivity index (χ3v) is 12.6. The quantitative estimate of drug-likeness (QED) is 0.175. The van der Waals surface area contributed by atoms with E-state index in [0.717, 1.165) is 24.6 Å². The molecule has 3 unspecified atom stereocenters. The highest BCUT2D eigenvalue weighted by atomic mass is 32.1. The fraction of sp³-hybridized carbons (Fsp3) is 0.514. The molecule has 4 fully saturated rings. The number of aromatic nitrogens is 2. The second kappa shape index (κ2) is 14.6. The van der Waals surface area contributed by atoms with Crippen LogP contribution in [-0.2, 0) is 10.9 Å². The number of nitrogens with two attached hydrogens (primary N) is 1. The lowest BCUT2D eigenvalue weighted by Crippen LogP contribution is -2.58. The number of alkyl halides is 6. The molecular weight excluding hydrogens is 789 g/mol. The molecule has 3 atom stereocenters. The normalized spacial score (nSPS) is 22.8. The molecule has 4 saturated heterocycles. The van der Waals surface area contributed by atoms with Gasteiger partial charge in [-0.3, -0.25) is 4.90 Å². The van der Waals surface area contributed by atoms with Crippen molar-refractivity contribution in [2.75, 3.05) is 63.1 Å². The zero-order chi connectivity index (χ0) is 40.6. The SMILES string of the molecule is CCN(c1nc(OCC23CCCN2CC(F)C3)nc2c(F)c(-c3ccc(F)c4sc(N)c(C#N)c34)c(C(F)(F)F)cc12)C1CCN(C(=O)N2CC(OC(F)F)C2)C1. The Kier molecular flexibility index (Phi) is 10.00. The Morgan fingerprint density at radius 1 is 1.16 bits per heavy atom. The van der Waals surface area contributed by atoms with Crippen LogP contribution in [0.5, 0.6) is 6.01 Å². The Hall–Kier alpha value is -4.74. The summed E-state index contributed by atoms with van der Waals surface area (Å²) in [5, 5.41) is 9.12. The van der Waals surface area contributed by atoms with Gasteiger partial charge in [0.2, 0.25) is 0 Å². The molecule has 304 valence electrons. The highest BCUT2D eigenvalue weighted by Crippen LogP contribution is 2.48. The monoisotopic (exact) mass is 824 g/mol. The number of benzene rings is 2. The van der Waals surface area contributed by atoms with Gasteiger partial charge in [-0.2, -0.15) is 37.2 Å². The Morgan fingerprint density at radius 2 is 1.93 bits per heavy atom. The summed E-state index contributed by atoms with van der Waals surface area (Å²) in [7, 11) is 0. The zero-order valence-electron chi connectivity index (χ0n) is 30.4. The van der Waals surface area contributed by atoms with Crippen molar-refractivity contribution in [3.63, 3.8) is 0 Å². The van der Waals surface area contributed by atoms with Gasteiger partial charge in [-0.1, -0.05) is 6.07 Å². The van der Waals surface area contributed by atoms with Gasteiger partial charge in [-0.05, 0) is 50.4 Å². The van der Waals surface area contributed by atoms with E-state index >= 15 is 22.0 Å². The summed E-state index contributed by atoms with van der Waals surface area (Å²) in [6.07, 6.45) is -5.16. The number of likely N-dealkylation sites (tertiary alicyclic amines) is 2. The molecule has 0 spiro atoms. The average molecular weight is 825 g/mol. The van der Waals surface area contributed by atoms with Crippen molar-refractivity contribution in [3.05, 3.63) is 41.0 Å². The van der Waals surface area contributed by atoms with Crippen LogP contribution in [0.15, 0.2) is 18.2 Å². The summed E-state index contributed by atoms with van der Waals surface area (Å²) in [6, 6.07) is 3.04. The lowest BCUT2D eigenvalue weighted by molar-refractivity contribution is -0.190. The fourth-order valence-corrected chi connectivity index (χ4v) is 9.84. The lowest BCUT2D eigenvalue weighted by atomic mass is 9.92. The maximum Gasteiger partial charge on any atom is 0.417 e. The van der Waals surface area contributed by atoms with E-state index in [2.05, 4.69) is 14.7 Å². The van der Waals surface area contributed by atoms with Gasteiger partial charge in [0.1, 0.15) is 41.0 Å². The summed E-state index contributed by atoms with van der Waals surface area (Å²) in [5.41, 5.74) is 1.59. The molecule has 2 aromatic carbocycles. The fourth-order valence-electron chi connectivity index (χ4n) is 8.89. The number of nitrogen functional groups attached to an aromatic ring is 1. The summed E-state index contributed by atoms with van der Waals surface area (Å²) in [5.74, 6) is -2.40. The van der Waals surface area contributed by atoms with Gasteiger partial charge in [0.25, 0.3) is 0 Å². The minimum atomic E-state index is -5.18. The van der Waals surface area contributed by atoms with Gasteiger partial charge >= 0.3 is 24.8 Å². The molecule has 4 aliphatic rings. The van der Waals surface area contributed by atoms with Crippen molar-refractivity contribution in [3.8, 4) is 23.2 Å². The van der Waals surface area contributed by atoms with E-state index in [9.17, 15) is 23.2 Å². The first-order valence-corrected chi connectivity index (χ1v) is 19.2. The molecule has 20 heteroatoms. The highest BCUT2D eigenvalue weighted by Gasteiger charge is 2.50. The number of carbonyl (C=O) groups is 1. The molecule has 0 radical (unpaired) electrons. The summed E-state index contributed by atoms with van der Waals surface area (Å²) < 4.78 is 128. The molecule has 11 nitrogen and oxygen atoms in total. The van der Waals surface area contributed by atoms with Gasteiger partial charge in [0.15, 0.2) is 5.82 Å². The predicted octanol–water partition coefficient (Wildman–Crippen LogP) is 7.16. The van der Waals surface area contributed by atoms with Crippen LogP contribution in [0.3, 0.4) is 0 Å². The topological polar surface area (TPSA) is 124 Å².